The lowest BCUT2D eigenvalue weighted by molar-refractivity contribution is -0.113. The quantitative estimate of drug-likeness (QED) is 0.863. The van der Waals surface area contributed by atoms with Crippen LogP contribution in [0.4, 0.5) is 11.5 Å². The maximum Gasteiger partial charge on any atom is 0.256 e. The van der Waals surface area contributed by atoms with Crippen molar-refractivity contribution in [1.82, 2.24) is 4.98 Å². The molecule has 1 N–H and O–H groups in total. The van der Waals surface area contributed by atoms with Gasteiger partial charge in [-0.1, -0.05) is 28.6 Å². The van der Waals surface area contributed by atoms with Gasteiger partial charge >= 0.3 is 0 Å². The summed E-state index contributed by atoms with van der Waals surface area (Å²) < 4.78 is 0.969. The van der Waals surface area contributed by atoms with Gasteiger partial charge in [-0.2, -0.15) is 0 Å². The molecule has 108 valence electrons. The minimum absolute atomic E-state index is 0.263. The van der Waals surface area contributed by atoms with Gasteiger partial charge in [0.15, 0.2) is 0 Å². The second kappa shape index (κ2) is 6.10. The van der Waals surface area contributed by atoms with Crippen molar-refractivity contribution in [2.75, 3.05) is 4.90 Å². The Kier molecular flexibility index (Phi) is 4.43. The van der Waals surface area contributed by atoms with Gasteiger partial charge in [-0.3, -0.25) is 14.5 Å². The van der Waals surface area contributed by atoms with Gasteiger partial charge in [0.2, 0.25) is 5.56 Å². The van der Waals surface area contributed by atoms with Gasteiger partial charge in [-0.15, -0.1) is 0 Å². The number of halogens is 1. The number of H-pyrrole nitrogens is 1. The van der Waals surface area contributed by atoms with Gasteiger partial charge in [-0.25, -0.2) is 0 Å². The number of aromatic nitrogens is 1. The molecule has 0 aliphatic carbocycles. The first-order chi connectivity index (χ1) is 9.93. The van der Waals surface area contributed by atoms with Crippen LogP contribution in [-0.4, -0.2) is 10.9 Å². The van der Waals surface area contributed by atoms with Crippen LogP contribution in [0.5, 0.6) is 0 Å². The van der Waals surface area contributed by atoms with Crippen LogP contribution in [-0.2, 0) is 4.79 Å². The predicted molar refractivity (Wildman–Crippen MR) is 88.0 cm³/mol. The van der Waals surface area contributed by atoms with Gasteiger partial charge in [0.1, 0.15) is 5.82 Å². The molecule has 1 aromatic heterocycles. The van der Waals surface area contributed by atoms with Crippen molar-refractivity contribution in [1.29, 1.82) is 0 Å². The van der Waals surface area contributed by atoms with E-state index >= 15 is 0 Å². The summed E-state index contributed by atoms with van der Waals surface area (Å²) >= 11 is 3.47. The number of anilines is 2. The average Bonchev–Trinajstić information content (AvgIpc) is 2.44. The molecule has 1 amide bonds. The van der Waals surface area contributed by atoms with Gasteiger partial charge in [0.05, 0.1) is 5.69 Å². The fourth-order valence-corrected chi connectivity index (χ4v) is 2.49. The van der Waals surface area contributed by atoms with Gasteiger partial charge in [0, 0.05) is 10.5 Å². The number of rotatable bonds is 3. The van der Waals surface area contributed by atoms with E-state index in [0.717, 1.165) is 15.6 Å². The Morgan fingerprint density at radius 1 is 1.29 bits per heavy atom. The third-order valence-electron chi connectivity index (χ3n) is 3.11. The summed E-state index contributed by atoms with van der Waals surface area (Å²) in [5.41, 5.74) is 2.35. The molecule has 4 nitrogen and oxygen atoms in total. The third kappa shape index (κ3) is 3.13. The van der Waals surface area contributed by atoms with E-state index in [1.165, 1.54) is 17.0 Å². The van der Waals surface area contributed by atoms with E-state index in [1.807, 2.05) is 26.0 Å². The van der Waals surface area contributed by atoms with Crippen LogP contribution in [0.15, 0.2) is 52.3 Å². The smallest absolute Gasteiger partial charge is 0.256 e. The lowest BCUT2D eigenvalue weighted by Gasteiger charge is -2.23. The number of amides is 1. The molecule has 21 heavy (non-hydrogen) atoms. The largest absolute Gasteiger partial charge is 0.308 e. The number of nitrogens with one attached hydrogen (secondary N) is 1. The van der Waals surface area contributed by atoms with Crippen molar-refractivity contribution in [3.05, 3.63) is 68.9 Å². The standard InChI is InChI=1S/C16H15BrN2O2/c1-4-16(21)19(14-6-5-7-15(20)18-14)13-9-10(2)12(17)8-11(13)3/h4-9H,1H2,2-3H3,(H,18,20). The minimum Gasteiger partial charge on any atom is -0.308 e. The zero-order valence-corrected chi connectivity index (χ0v) is 13.4. The van der Waals surface area contributed by atoms with E-state index in [4.69, 9.17) is 0 Å². The molecule has 0 spiro atoms. The van der Waals surface area contributed by atoms with Crippen LogP contribution in [0.1, 0.15) is 11.1 Å². The lowest BCUT2D eigenvalue weighted by Crippen LogP contribution is -2.27. The second-order valence-corrected chi connectivity index (χ2v) is 5.52. The highest BCUT2D eigenvalue weighted by molar-refractivity contribution is 9.10. The van der Waals surface area contributed by atoms with E-state index in [-0.39, 0.29) is 11.5 Å². The monoisotopic (exact) mass is 346 g/mol. The van der Waals surface area contributed by atoms with Crippen LogP contribution in [0.3, 0.4) is 0 Å². The second-order valence-electron chi connectivity index (χ2n) is 4.67. The van der Waals surface area contributed by atoms with Crippen molar-refractivity contribution in [3.8, 4) is 0 Å². The molecule has 0 aliphatic rings. The molecule has 0 bridgehead atoms. The number of nitrogens with zero attached hydrogens (tertiary/aromatic N) is 1. The number of carbonyl (C=O) groups is 1. The first-order valence-corrected chi connectivity index (χ1v) is 7.16. The Labute approximate surface area is 131 Å². The predicted octanol–water partition coefficient (Wildman–Crippen LogP) is 3.60. The third-order valence-corrected chi connectivity index (χ3v) is 3.96. The Balaban J connectivity index is 2.67. The van der Waals surface area contributed by atoms with Crippen LogP contribution in [0.25, 0.3) is 0 Å². The number of hydrogen-bond donors (Lipinski definition) is 1. The van der Waals surface area contributed by atoms with Gasteiger partial charge < -0.3 is 4.98 Å². The fraction of sp³-hybridized carbons (Fsp3) is 0.125. The maximum atomic E-state index is 12.2. The molecule has 0 saturated heterocycles. The topological polar surface area (TPSA) is 53.2 Å². The maximum absolute atomic E-state index is 12.2. The zero-order valence-electron chi connectivity index (χ0n) is 11.8. The summed E-state index contributed by atoms with van der Waals surface area (Å²) in [7, 11) is 0. The van der Waals surface area contributed by atoms with Gasteiger partial charge in [-0.05, 0) is 49.2 Å². The fourth-order valence-electron chi connectivity index (χ4n) is 2.03. The lowest BCUT2D eigenvalue weighted by atomic mass is 10.1. The molecule has 0 atom stereocenters. The Bertz CT molecular complexity index is 765. The molecular weight excluding hydrogens is 332 g/mol. The van der Waals surface area contributed by atoms with Crippen LogP contribution in [0.2, 0.25) is 0 Å². The molecule has 0 saturated carbocycles. The highest BCUT2D eigenvalue weighted by Crippen LogP contribution is 2.31. The highest BCUT2D eigenvalue weighted by Gasteiger charge is 2.19. The summed E-state index contributed by atoms with van der Waals surface area (Å²) in [5, 5.41) is 0. The van der Waals surface area contributed by atoms with Crippen molar-refractivity contribution < 1.29 is 4.79 Å². The zero-order chi connectivity index (χ0) is 15.6. The molecule has 2 aromatic rings. The summed E-state index contributed by atoms with van der Waals surface area (Å²) in [4.78, 5) is 27.9. The van der Waals surface area contributed by atoms with E-state index in [1.54, 1.807) is 12.1 Å². The summed E-state index contributed by atoms with van der Waals surface area (Å²) in [6, 6.07) is 8.53. The molecule has 1 heterocycles. The molecule has 0 unspecified atom stereocenters. The van der Waals surface area contributed by atoms with E-state index in [2.05, 4.69) is 27.5 Å². The SMILES string of the molecule is C=CC(=O)N(c1cccc(=O)[nH]1)c1cc(C)c(Br)cc1C. The molecular formula is C16H15BrN2O2. The number of pyridine rings is 1. The first-order valence-electron chi connectivity index (χ1n) is 6.36. The summed E-state index contributed by atoms with van der Waals surface area (Å²) in [6.45, 7) is 7.38. The van der Waals surface area contributed by atoms with Crippen molar-refractivity contribution in [2.24, 2.45) is 0 Å². The first kappa shape index (κ1) is 15.3. The summed E-state index contributed by atoms with van der Waals surface area (Å²) in [6.07, 6.45) is 1.22. The van der Waals surface area contributed by atoms with Crippen molar-refractivity contribution >= 4 is 33.3 Å². The van der Waals surface area contributed by atoms with Crippen LogP contribution in [0, 0.1) is 13.8 Å². The molecule has 1 aromatic carbocycles. The Hall–Kier alpha value is -2.14. The average molecular weight is 347 g/mol. The number of carbonyl (C=O) groups excluding carboxylic acids is 1. The van der Waals surface area contributed by atoms with Crippen LogP contribution >= 0.6 is 15.9 Å². The molecule has 0 aliphatic heterocycles. The van der Waals surface area contributed by atoms with Crippen molar-refractivity contribution in [3.63, 3.8) is 0 Å². The molecule has 0 radical (unpaired) electrons. The molecule has 5 heteroatoms. The number of hydrogen-bond acceptors (Lipinski definition) is 2. The van der Waals surface area contributed by atoms with Crippen molar-refractivity contribution in [2.45, 2.75) is 13.8 Å². The van der Waals surface area contributed by atoms with Crippen LogP contribution < -0.4 is 10.5 Å². The Morgan fingerprint density at radius 3 is 2.62 bits per heavy atom. The molecule has 0 fully saturated rings. The van der Waals surface area contributed by atoms with E-state index in [9.17, 15) is 9.59 Å². The number of aryl methyl sites for hydroxylation is 2. The summed E-state index contributed by atoms with van der Waals surface area (Å²) in [5.74, 6) is 0.110. The van der Waals surface area contributed by atoms with E-state index < -0.39 is 0 Å². The highest BCUT2D eigenvalue weighted by atomic mass is 79.9. The molecule has 2 rings (SSSR count). The van der Waals surface area contributed by atoms with Gasteiger partial charge in [0.25, 0.3) is 5.91 Å². The minimum atomic E-state index is -0.304. The van der Waals surface area contributed by atoms with E-state index in [0.29, 0.717) is 11.5 Å². The Morgan fingerprint density at radius 2 is 2.00 bits per heavy atom. The normalized spacial score (nSPS) is 10.2. The number of aromatic amines is 1. The number of benzene rings is 1.